The van der Waals surface area contributed by atoms with Gasteiger partial charge in [-0.15, -0.1) is 0 Å². The van der Waals surface area contributed by atoms with Gasteiger partial charge in [0, 0.05) is 29.9 Å². The summed E-state index contributed by atoms with van der Waals surface area (Å²) in [6.45, 7) is 0.440. The lowest BCUT2D eigenvalue weighted by Crippen LogP contribution is -2.38. The highest BCUT2D eigenvalue weighted by atomic mass is 32.1. The minimum atomic E-state index is -0.361. The van der Waals surface area contributed by atoms with Crippen LogP contribution in [0.15, 0.2) is 65.2 Å². The molecular formula is C23H20N4O4S. The number of nitrogens with one attached hydrogen (secondary N) is 2. The van der Waals surface area contributed by atoms with Crippen molar-refractivity contribution in [1.82, 2.24) is 20.6 Å². The number of carbonyl (C=O) groups excluding carboxylic acids is 1. The van der Waals surface area contributed by atoms with Gasteiger partial charge in [-0.2, -0.15) is 4.98 Å². The highest BCUT2D eigenvalue weighted by Gasteiger charge is 2.12. The third kappa shape index (κ3) is 4.84. The second kappa shape index (κ2) is 9.44. The molecule has 2 aromatic heterocycles. The van der Waals surface area contributed by atoms with Crippen molar-refractivity contribution in [3.63, 3.8) is 0 Å². The highest BCUT2D eigenvalue weighted by Crippen LogP contribution is 2.24. The van der Waals surface area contributed by atoms with Crippen molar-refractivity contribution in [2.75, 3.05) is 14.2 Å². The zero-order valence-electron chi connectivity index (χ0n) is 17.4. The van der Waals surface area contributed by atoms with Gasteiger partial charge in [-0.25, -0.2) is 4.98 Å². The number of nitrogens with zero attached hydrogens (tertiary/aromatic N) is 2. The largest absolute Gasteiger partial charge is 0.497 e. The molecule has 0 spiro atoms. The molecule has 0 aliphatic heterocycles. The van der Waals surface area contributed by atoms with Gasteiger partial charge in [0.05, 0.1) is 14.2 Å². The molecule has 0 atom stereocenters. The van der Waals surface area contributed by atoms with Gasteiger partial charge < -0.3 is 19.2 Å². The van der Waals surface area contributed by atoms with Crippen LogP contribution < -0.4 is 20.1 Å². The van der Waals surface area contributed by atoms with Crippen LogP contribution in [0.25, 0.3) is 22.7 Å². The number of carbonyl (C=O) groups is 1. The topological polar surface area (TPSA) is 98.5 Å². The number of oxazole rings is 1. The van der Waals surface area contributed by atoms with E-state index in [0.717, 1.165) is 11.1 Å². The van der Waals surface area contributed by atoms with Crippen molar-refractivity contribution in [3.8, 4) is 23.0 Å². The standard InChI is InChI=1S/C23H20N4O4S/c1-29-17-10-16(11-18(12-17)30-2)21(28)27-23(32)25-13-14-5-7-15(8-6-14)22-26-20-19(31-22)4-3-9-24-20/h3-12H,13H2,1-2H3,(H2,25,27,28,32). The summed E-state index contributed by atoms with van der Waals surface area (Å²) in [5.41, 5.74) is 3.41. The van der Waals surface area contributed by atoms with Gasteiger partial charge in [0.1, 0.15) is 11.5 Å². The van der Waals surface area contributed by atoms with E-state index in [1.54, 1.807) is 30.5 Å². The molecule has 4 rings (SSSR count). The van der Waals surface area contributed by atoms with Gasteiger partial charge >= 0.3 is 0 Å². The Balaban J connectivity index is 1.35. The Morgan fingerprint density at radius 3 is 2.44 bits per heavy atom. The summed E-state index contributed by atoms with van der Waals surface area (Å²) in [4.78, 5) is 21.1. The Bertz CT molecular complexity index is 1220. The number of thiocarbonyl (C=S) groups is 1. The molecule has 0 saturated carbocycles. The number of pyridine rings is 1. The van der Waals surface area contributed by atoms with E-state index in [4.69, 9.17) is 26.1 Å². The maximum atomic E-state index is 12.5. The number of aromatic nitrogens is 2. The van der Waals surface area contributed by atoms with Crippen LogP contribution >= 0.6 is 12.2 Å². The molecule has 2 N–H and O–H groups in total. The molecule has 0 bridgehead atoms. The number of methoxy groups -OCH3 is 2. The van der Waals surface area contributed by atoms with Crippen molar-refractivity contribution in [1.29, 1.82) is 0 Å². The lowest BCUT2D eigenvalue weighted by Gasteiger charge is -2.11. The van der Waals surface area contributed by atoms with E-state index in [1.165, 1.54) is 14.2 Å². The first-order valence-electron chi connectivity index (χ1n) is 9.69. The maximum absolute atomic E-state index is 12.5. The Kier molecular flexibility index (Phi) is 6.27. The van der Waals surface area contributed by atoms with Crippen LogP contribution in [0.4, 0.5) is 0 Å². The summed E-state index contributed by atoms with van der Waals surface area (Å²) >= 11 is 5.25. The van der Waals surface area contributed by atoms with E-state index in [0.29, 0.717) is 40.7 Å². The Morgan fingerprint density at radius 1 is 1.06 bits per heavy atom. The van der Waals surface area contributed by atoms with Crippen molar-refractivity contribution in [3.05, 3.63) is 71.9 Å². The van der Waals surface area contributed by atoms with Gasteiger partial charge in [-0.1, -0.05) is 12.1 Å². The average Bonchev–Trinajstić information content (AvgIpc) is 3.27. The molecule has 0 saturated heterocycles. The fourth-order valence-electron chi connectivity index (χ4n) is 3.00. The minimum Gasteiger partial charge on any atom is -0.497 e. The van der Waals surface area contributed by atoms with Crippen molar-refractivity contribution >= 4 is 34.5 Å². The zero-order valence-corrected chi connectivity index (χ0v) is 18.2. The molecule has 8 nitrogen and oxygen atoms in total. The van der Waals surface area contributed by atoms with Crippen LogP contribution in [0.2, 0.25) is 0 Å². The quantitative estimate of drug-likeness (QED) is 0.431. The second-order valence-corrected chi connectivity index (χ2v) is 7.19. The van der Waals surface area contributed by atoms with E-state index < -0.39 is 0 Å². The molecule has 0 aliphatic carbocycles. The van der Waals surface area contributed by atoms with Crippen molar-refractivity contribution in [2.45, 2.75) is 6.54 Å². The average molecular weight is 449 g/mol. The predicted molar refractivity (Wildman–Crippen MR) is 124 cm³/mol. The van der Waals surface area contributed by atoms with Gasteiger partial charge in [0.15, 0.2) is 16.3 Å². The Morgan fingerprint density at radius 2 is 1.78 bits per heavy atom. The van der Waals surface area contributed by atoms with E-state index >= 15 is 0 Å². The first-order valence-corrected chi connectivity index (χ1v) is 10.1. The fourth-order valence-corrected chi connectivity index (χ4v) is 3.16. The van der Waals surface area contributed by atoms with Gasteiger partial charge in [-0.3, -0.25) is 10.1 Å². The lowest BCUT2D eigenvalue weighted by molar-refractivity contribution is 0.0976. The maximum Gasteiger partial charge on any atom is 0.257 e. The van der Waals surface area contributed by atoms with E-state index in [1.807, 2.05) is 30.3 Å². The number of benzene rings is 2. The summed E-state index contributed by atoms with van der Waals surface area (Å²) in [5.74, 6) is 1.18. The summed E-state index contributed by atoms with van der Waals surface area (Å²) in [6, 6.07) is 16.2. The van der Waals surface area contributed by atoms with E-state index in [2.05, 4.69) is 20.6 Å². The molecule has 2 heterocycles. The molecule has 1 amide bonds. The van der Waals surface area contributed by atoms with Crippen LogP contribution in [0, 0.1) is 0 Å². The normalized spacial score (nSPS) is 10.6. The fraction of sp³-hybridized carbons (Fsp3) is 0.130. The first kappa shape index (κ1) is 21.3. The SMILES string of the molecule is COc1cc(OC)cc(C(=O)NC(=S)NCc2ccc(-c3nc4ncccc4o3)cc2)c1. The second-order valence-electron chi connectivity index (χ2n) is 6.78. The predicted octanol–water partition coefficient (Wildman–Crippen LogP) is 3.71. The summed E-state index contributed by atoms with van der Waals surface area (Å²) in [7, 11) is 3.05. The van der Waals surface area contributed by atoms with Crippen LogP contribution in [0.5, 0.6) is 11.5 Å². The number of ether oxygens (including phenoxy) is 2. The van der Waals surface area contributed by atoms with Gasteiger partial charge in [-0.05, 0) is 54.2 Å². The van der Waals surface area contributed by atoms with Crippen molar-refractivity contribution in [2.24, 2.45) is 0 Å². The molecule has 0 radical (unpaired) electrons. The molecule has 9 heteroatoms. The Labute approximate surface area is 189 Å². The molecule has 0 aliphatic rings. The monoisotopic (exact) mass is 448 g/mol. The number of hydrogen-bond donors (Lipinski definition) is 2. The van der Waals surface area contributed by atoms with Gasteiger partial charge in [0.2, 0.25) is 5.89 Å². The van der Waals surface area contributed by atoms with Crippen LogP contribution in [-0.2, 0) is 6.54 Å². The number of fused-ring (bicyclic) bond motifs is 1. The van der Waals surface area contributed by atoms with Crippen molar-refractivity contribution < 1.29 is 18.7 Å². The molecule has 0 unspecified atom stereocenters. The minimum absolute atomic E-state index is 0.214. The summed E-state index contributed by atoms with van der Waals surface area (Å²) in [5, 5.41) is 5.90. The molecular weight excluding hydrogens is 428 g/mol. The molecule has 4 aromatic rings. The smallest absolute Gasteiger partial charge is 0.257 e. The Hall–Kier alpha value is -3.98. The molecule has 2 aromatic carbocycles. The van der Waals surface area contributed by atoms with Gasteiger partial charge in [0.25, 0.3) is 5.91 Å². The summed E-state index contributed by atoms with van der Waals surface area (Å²) < 4.78 is 16.1. The summed E-state index contributed by atoms with van der Waals surface area (Å²) in [6.07, 6.45) is 1.68. The van der Waals surface area contributed by atoms with Crippen LogP contribution in [0.1, 0.15) is 15.9 Å². The molecule has 162 valence electrons. The molecule has 32 heavy (non-hydrogen) atoms. The number of rotatable bonds is 6. The number of amides is 1. The van der Waals surface area contributed by atoms with Crippen LogP contribution in [-0.4, -0.2) is 35.2 Å². The number of hydrogen-bond acceptors (Lipinski definition) is 7. The third-order valence-corrected chi connectivity index (χ3v) is 4.91. The lowest BCUT2D eigenvalue weighted by atomic mass is 10.1. The third-order valence-electron chi connectivity index (χ3n) is 4.66. The first-order chi connectivity index (χ1) is 15.6. The highest BCUT2D eigenvalue weighted by molar-refractivity contribution is 7.80. The van der Waals surface area contributed by atoms with E-state index in [-0.39, 0.29) is 11.0 Å². The van der Waals surface area contributed by atoms with E-state index in [9.17, 15) is 4.79 Å². The zero-order chi connectivity index (χ0) is 22.5. The van der Waals surface area contributed by atoms with Crippen LogP contribution in [0.3, 0.4) is 0 Å². The molecule has 0 fully saturated rings.